The highest BCUT2D eigenvalue weighted by Crippen LogP contribution is 2.21. The molecule has 0 amide bonds. The standard InChI is InChI=1S/C10H8ClN3O/c1-5(15)10-13-8-4-6(11)2-3-7(8)9(12)14-10/h2-4H,1H3,(H2,12,13,14). The Morgan fingerprint density at radius 3 is 2.80 bits per heavy atom. The molecule has 2 aromatic rings. The van der Waals surface area contributed by atoms with E-state index in [1.54, 1.807) is 18.2 Å². The van der Waals surface area contributed by atoms with Crippen molar-refractivity contribution in [2.75, 3.05) is 5.73 Å². The SMILES string of the molecule is CC(=O)c1nc(N)c2ccc(Cl)cc2n1. The molecule has 0 bridgehead atoms. The molecule has 0 saturated heterocycles. The predicted molar refractivity (Wildman–Crippen MR) is 59.0 cm³/mol. The van der Waals surface area contributed by atoms with Gasteiger partial charge in [-0.1, -0.05) is 11.6 Å². The van der Waals surface area contributed by atoms with Gasteiger partial charge in [0.25, 0.3) is 0 Å². The maximum Gasteiger partial charge on any atom is 0.198 e. The molecule has 1 aromatic heterocycles. The molecule has 0 unspecified atom stereocenters. The Morgan fingerprint density at radius 2 is 2.13 bits per heavy atom. The van der Waals surface area contributed by atoms with Gasteiger partial charge in [0.15, 0.2) is 11.6 Å². The maximum absolute atomic E-state index is 11.1. The van der Waals surface area contributed by atoms with E-state index in [-0.39, 0.29) is 11.6 Å². The fraction of sp³-hybridized carbons (Fsp3) is 0.100. The summed E-state index contributed by atoms with van der Waals surface area (Å²) in [6, 6.07) is 5.09. The van der Waals surface area contributed by atoms with Crippen molar-refractivity contribution in [1.82, 2.24) is 9.97 Å². The number of nitrogens with two attached hydrogens (primary N) is 1. The summed E-state index contributed by atoms with van der Waals surface area (Å²) in [5, 5.41) is 1.25. The zero-order valence-electron chi connectivity index (χ0n) is 7.99. The van der Waals surface area contributed by atoms with E-state index < -0.39 is 0 Å². The molecule has 0 fully saturated rings. The molecule has 0 saturated carbocycles. The number of anilines is 1. The highest BCUT2D eigenvalue weighted by Gasteiger charge is 2.08. The van der Waals surface area contributed by atoms with E-state index in [0.29, 0.717) is 21.7 Å². The Labute approximate surface area is 91.1 Å². The number of aromatic nitrogens is 2. The Hall–Kier alpha value is -1.68. The Morgan fingerprint density at radius 1 is 1.40 bits per heavy atom. The second-order valence-corrected chi connectivity index (χ2v) is 3.59. The molecule has 15 heavy (non-hydrogen) atoms. The van der Waals surface area contributed by atoms with E-state index in [9.17, 15) is 4.79 Å². The molecule has 0 aliphatic heterocycles. The first-order valence-corrected chi connectivity index (χ1v) is 4.69. The molecule has 5 heteroatoms. The van der Waals surface area contributed by atoms with Crippen LogP contribution >= 0.6 is 11.6 Å². The van der Waals surface area contributed by atoms with Gasteiger partial charge in [0.1, 0.15) is 5.82 Å². The molecule has 0 aliphatic rings. The van der Waals surface area contributed by atoms with Crippen LogP contribution in [0, 0.1) is 0 Å². The van der Waals surface area contributed by atoms with Crippen LogP contribution in [-0.4, -0.2) is 15.8 Å². The van der Waals surface area contributed by atoms with Crippen molar-refractivity contribution >= 4 is 34.1 Å². The van der Waals surface area contributed by atoms with Gasteiger partial charge >= 0.3 is 0 Å². The molecule has 0 atom stereocenters. The molecule has 4 nitrogen and oxygen atoms in total. The summed E-state index contributed by atoms with van der Waals surface area (Å²) in [6.07, 6.45) is 0. The lowest BCUT2D eigenvalue weighted by Gasteiger charge is -2.03. The van der Waals surface area contributed by atoms with E-state index >= 15 is 0 Å². The molecule has 2 rings (SSSR count). The normalized spacial score (nSPS) is 10.5. The van der Waals surface area contributed by atoms with Crippen molar-refractivity contribution in [3.63, 3.8) is 0 Å². The summed E-state index contributed by atoms with van der Waals surface area (Å²) in [7, 11) is 0. The van der Waals surface area contributed by atoms with E-state index in [1.165, 1.54) is 6.92 Å². The average molecular weight is 222 g/mol. The fourth-order valence-electron chi connectivity index (χ4n) is 1.28. The minimum atomic E-state index is -0.219. The van der Waals surface area contributed by atoms with E-state index in [1.807, 2.05) is 0 Å². The number of benzene rings is 1. The molecular formula is C10H8ClN3O. The van der Waals surface area contributed by atoms with Gasteiger partial charge in [-0.2, -0.15) is 0 Å². The Balaban J connectivity index is 2.79. The Kier molecular flexibility index (Phi) is 2.28. The van der Waals surface area contributed by atoms with Crippen LogP contribution in [0.5, 0.6) is 0 Å². The molecule has 2 N–H and O–H groups in total. The minimum absolute atomic E-state index is 0.113. The zero-order chi connectivity index (χ0) is 11.0. The number of carbonyl (C=O) groups is 1. The smallest absolute Gasteiger partial charge is 0.198 e. The molecule has 0 spiro atoms. The minimum Gasteiger partial charge on any atom is -0.383 e. The van der Waals surface area contributed by atoms with Crippen LogP contribution in [0.2, 0.25) is 5.02 Å². The number of hydrogen-bond donors (Lipinski definition) is 1. The summed E-state index contributed by atoms with van der Waals surface area (Å²) in [5.41, 5.74) is 6.28. The zero-order valence-corrected chi connectivity index (χ0v) is 8.75. The first-order chi connectivity index (χ1) is 7.08. The monoisotopic (exact) mass is 221 g/mol. The van der Waals surface area contributed by atoms with Crippen LogP contribution in [0.4, 0.5) is 5.82 Å². The summed E-state index contributed by atoms with van der Waals surface area (Å²) in [6.45, 7) is 1.39. The second-order valence-electron chi connectivity index (χ2n) is 3.15. The summed E-state index contributed by atoms with van der Waals surface area (Å²) < 4.78 is 0. The summed E-state index contributed by atoms with van der Waals surface area (Å²) >= 11 is 5.82. The van der Waals surface area contributed by atoms with Gasteiger partial charge < -0.3 is 5.73 Å². The first kappa shape index (κ1) is 9.86. The first-order valence-electron chi connectivity index (χ1n) is 4.31. The van der Waals surface area contributed by atoms with Gasteiger partial charge in [0.2, 0.25) is 0 Å². The third-order valence-corrected chi connectivity index (χ3v) is 2.24. The third-order valence-electron chi connectivity index (χ3n) is 2.00. The van der Waals surface area contributed by atoms with Crippen LogP contribution in [0.3, 0.4) is 0 Å². The number of rotatable bonds is 1. The molecule has 1 aromatic carbocycles. The number of Topliss-reactive ketones (excluding diaryl/α,β-unsaturated/α-hetero) is 1. The van der Waals surface area contributed by atoms with E-state index in [0.717, 1.165) is 0 Å². The van der Waals surface area contributed by atoms with Crippen LogP contribution in [0.25, 0.3) is 10.9 Å². The molecular weight excluding hydrogens is 214 g/mol. The lowest BCUT2D eigenvalue weighted by molar-refractivity contribution is 0.100. The summed E-state index contributed by atoms with van der Waals surface area (Å²) in [4.78, 5) is 19.1. The molecule has 1 heterocycles. The molecule has 0 radical (unpaired) electrons. The van der Waals surface area contributed by atoms with E-state index in [2.05, 4.69) is 9.97 Å². The molecule has 76 valence electrons. The highest BCUT2D eigenvalue weighted by atomic mass is 35.5. The molecule has 0 aliphatic carbocycles. The second kappa shape index (κ2) is 3.47. The fourth-order valence-corrected chi connectivity index (χ4v) is 1.45. The number of halogens is 1. The predicted octanol–water partition coefficient (Wildman–Crippen LogP) is 2.07. The van der Waals surface area contributed by atoms with Crippen molar-refractivity contribution < 1.29 is 4.79 Å². The quantitative estimate of drug-likeness (QED) is 0.749. The third kappa shape index (κ3) is 1.76. The van der Waals surface area contributed by atoms with Crippen LogP contribution in [0.15, 0.2) is 18.2 Å². The number of ketones is 1. The van der Waals surface area contributed by atoms with Gasteiger partial charge in [-0.05, 0) is 18.2 Å². The number of carbonyl (C=O) groups excluding carboxylic acids is 1. The number of nitrogens with zero attached hydrogens (tertiary/aromatic N) is 2. The van der Waals surface area contributed by atoms with Crippen LogP contribution < -0.4 is 5.73 Å². The van der Waals surface area contributed by atoms with Crippen molar-refractivity contribution in [2.45, 2.75) is 6.92 Å². The van der Waals surface area contributed by atoms with Gasteiger partial charge in [-0.25, -0.2) is 9.97 Å². The summed E-state index contributed by atoms with van der Waals surface area (Å²) in [5.74, 6) is 0.188. The van der Waals surface area contributed by atoms with Gasteiger partial charge in [-0.15, -0.1) is 0 Å². The average Bonchev–Trinajstić information content (AvgIpc) is 2.16. The van der Waals surface area contributed by atoms with Crippen molar-refractivity contribution in [1.29, 1.82) is 0 Å². The van der Waals surface area contributed by atoms with E-state index in [4.69, 9.17) is 17.3 Å². The largest absolute Gasteiger partial charge is 0.383 e. The lowest BCUT2D eigenvalue weighted by atomic mass is 10.2. The topological polar surface area (TPSA) is 68.9 Å². The van der Waals surface area contributed by atoms with Crippen molar-refractivity contribution in [3.05, 3.63) is 29.0 Å². The van der Waals surface area contributed by atoms with Gasteiger partial charge in [0.05, 0.1) is 5.52 Å². The lowest BCUT2D eigenvalue weighted by Crippen LogP contribution is -2.04. The highest BCUT2D eigenvalue weighted by molar-refractivity contribution is 6.31. The maximum atomic E-state index is 11.1. The van der Waals surface area contributed by atoms with Gasteiger partial charge in [0, 0.05) is 17.3 Å². The van der Waals surface area contributed by atoms with Crippen LogP contribution in [-0.2, 0) is 0 Å². The van der Waals surface area contributed by atoms with Gasteiger partial charge in [-0.3, -0.25) is 4.79 Å². The van der Waals surface area contributed by atoms with Crippen molar-refractivity contribution in [3.8, 4) is 0 Å². The van der Waals surface area contributed by atoms with Crippen molar-refractivity contribution in [2.24, 2.45) is 0 Å². The van der Waals surface area contributed by atoms with Crippen LogP contribution in [0.1, 0.15) is 17.5 Å². The number of fused-ring (bicyclic) bond motifs is 1. The Bertz CT molecular complexity index is 554. The number of hydrogen-bond acceptors (Lipinski definition) is 4. The number of nitrogen functional groups attached to an aromatic ring is 1.